The van der Waals surface area contributed by atoms with Crippen LogP contribution in [0, 0.1) is 6.92 Å². The molecule has 1 aliphatic rings. The molecule has 0 unspecified atom stereocenters. The van der Waals surface area contributed by atoms with Gasteiger partial charge in [-0.05, 0) is 67.4 Å². The Labute approximate surface area is 214 Å². The van der Waals surface area contributed by atoms with E-state index in [1.807, 2.05) is 0 Å². The highest BCUT2D eigenvalue weighted by Gasteiger charge is 2.26. The molecule has 3 aromatic rings. The third-order valence-electron chi connectivity index (χ3n) is 5.78. The molecule has 0 aromatic heterocycles. The number of rotatable bonds is 10. The monoisotopic (exact) mass is 526 g/mol. The fraction of sp³-hybridized carbons (Fsp3) is 0.231. The molecule has 0 saturated heterocycles. The van der Waals surface area contributed by atoms with Crippen molar-refractivity contribution in [3.05, 3.63) is 77.4 Å². The Morgan fingerprint density at radius 3 is 2.51 bits per heavy atom. The van der Waals surface area contributed by atoms with Crippen LogP contribution in [-0.4, -0.2) is 52.4 Å². The first kappa shape index (κ1) is 25.8. The minimum atomic E-state index is -4.01. The Hall–Kier alpha value is -4.25. The summed E-state index contributed by atoms with van der Waals surface area (Å²) in [6, 6.07) is 15.4. The van der Waals surface area contributed by atoms with E-state index < -0.39 is 16.0 Å². The second-order valence-corrected chi connectivity index (χ2v) is 10.2. The minimum Gasteiger partial charge on any atom is -0.494 e. The molecule has 0 spiro atoms. The van der Waals surface area contributed by atoms with E-state index >= 15 is 0 Å². The SMILES string of the molecule is Cc1cccc(C(=O)O)c1N(C)S(=O)(=O)c1ccc(OCCCNC(=O)c2ccc3c(c2)OCO3)cc1. The van der Waals surface area contributed by atoms with Gasteiger partial charge in [-0.15, -0.1) is 0 Å². The molecule has 37 heavy (non-hydrogen) atoms. The minimum absolute atomic E-state index is 0.00192. The van der Waals surface area contributed by atoms with Gasteiger partial charge in [0, 0.05) is 19.2 Å². The van der Waals surface area contributed by atoms with Gasteiger partial charge in [0.05, 0.1) is 22.8 Å². The standard InChI is InChI=1S/C26H26N2O8S/c1-17-5-3-6-21(26(30)31)24(17)28(2)37(32,33)20-10-8-19(9-11-20)34-14-4-13-27-25(29)18-7-12-22-23(15-18)36-16-35-22/h3,5-12,15H,4,13-14,16H2,1-2H3,(H,27,29)(H,30,31). The molecular formula is C26H26N2O8S. The molecular weight excluding hydrogens is 500 g/mol. The lowest BCUT2D eigenvalue weighted by molar-refractivity contribution is 0.0697. The van der Waals surface area contributed by atoms with Gasteiger partial charge < -0.3 is 24.6 Å². The number of carboxylic acid groups (broad SMARTS) is 1. The van der Waals surface area contributed by atoms with Crippen molar-refractivity contribution in [1.29, 1.82) is 0 Å². The quantitative estimate of drug-likeness (QED) is 0.384. The van der Waals surface area contributed by atoms with Crippen molar-refractivity contribution in [2.24, 2.45) is 0 Å². The summed E-state index contributed by atoms with van der Waals surface area (Å²) in [6.45, 7) is 2.48. The van der Waals surface area contributed by atoms with Crippen molar-refractivity contribution in [2.45, 2.75) is 18.2 Å². The molecule has 11 heteroatoms. The number of para-hydroxylation sites is 1. The largest absolute Gasteiger partial charge is 0.494 e. The normalized spacial score (nSPS) is 12.2. The van der Waals surface area contributed by atoms with Crippen molar-refractivity contribution in [3.8, 4) is 17.2 Å². The number of aromatic carboxylic acids is 1. The van der Waals surface area contributed by atoms with Crippen LogP contribution in [0.1, 0.15) is 32.7 Å². The molecule has 0 radical (unpaired) electrons. The molecule has 2 N–H and O–H groups in total. The van der Waals surface area contributed by atoms with Gasteiger partial charge in [-0.25, -0.2) is 13.2 Å². The fourth-order valence-electron chi connectivity index (χ4n) is 3.84. The Kier molecular flexibility index (Phi) is 7.53. The second kappa shape index (κ2) is 10.8. The lowest BCUT2D eigenvalue weighted by Gasteiger charge is -2.23. The van der Waals surface area contributed by atoms with Crippen LogP contribution < -0.4 is 23.8 Å². The van der Waals surface area contributed by atoms with Crippen molar-refractivity contribution in [3.63, 3.8) is 0 Å². The Morgan fingerprint density at radius 2 is 1.78 bits per heavy atom. The zero-order chi connectivity index (χ0) is 26.6. The van der Waals surface area contributed by atoms with E-state index in [0.29, 0.717) is 47.9 Å². The maximum Gasteiger partial charge on any atom is 0.337 e. The summed E-state index contributed by atoms with van der Waals surface area (Å²) >= 11 is 0. The number of amides is 1. The van der Waals surface area contributed by atoms with Crippen molar-refractivity contribution >= 4 is 27.6 Å². The van der Waals surface area contributed by atoms with Crippen LogP contribution in [0.25, 0.3) is 0 Å². The first-order valence-corrected chi connectivity index (χ1v) is 12.8. The number of ether oxygens (including phenoxy) is 3. The summed E-state index contributed by atoms with van der Waals surface area (Å²) in [5.74, 6) is 0.156. The lowest BCUT2D eigenvalue weighted by atomic mass is 10.1. The lowest BCUT2D eigenvalue weighted by Crippen LogP contribution is -2.29. The van der Waals surface area contributed by atoms with Crippen LogP contribution in [0.4, 0.5) is 5.69 Å². The molecule has 1 amide bonds. The van der Waals surface area contributed by atoms with E-state index in [1.54, 1.807) is 37.3 Å². The number of hydrogen-bond donors (Lipinski definition) is 2. The molecule has 0 bridgehead atoms. The van der Waals surface area contributed by atoms with E-state index in [2.05, 4.69) is 5.32 Å². The molecule has 194 valence electrons. The van der Waals surface area contributed by atoms with Crippen LogP contribution in [0.2, 0.25) is 0 Å². The molecule has 1 aliphatic heterocycles. The van der Waals surface area contributed by atoms with Gasteiger partial charge in [-0.2, -0.15) is 0 Å². The summed E-state index contributed by atoms with van der Waals surface area (Å²) in [6.07, 6.45) is 0.532. The maximum absolute atomic E-state index is 13.2. The van der Waals surface area contributed by atoms with Gasteiger partial charge in [0.25, 0.3) is 15.9 Å². The number of nitrogens with one attached hydrogen (secondary N) is 1. The van der Waals surface area contributed by atoms with Gasteiger partial charge in [0.2, 0.25) is 6.79 Å². The summed E-state index contributed by atoms with van der Waals surface area (Å²) in [7, 11) is -2.68. The van der Waals surface area contributed by atoms with Crippen LogP contribution in [0.3, 0.4) is 0 Å². The Bertz CT molecular complexity index is 1420. The summed E-state index contributed by atoms with van der Waals surface area (Å²) in [4.78, 5) is 23.9. The zero-order valence-electron chi connectivity index (χ0n) is 20.3. The number of carbonyl (C=O) groups excluding carboxylic acids is 1. The number of carbonyl (C=O) groups is 2. The zero-order valence-corrected chi connectivity index (χ0v) is 21.1. The Morgan fingerprint density at radius 1 is 1.05 bits per heavy atom. The van der Waals surface area contributed by atoms with E-state index in [4.69, 9.17) is 14.2 Å². The van der Waals surface area contributed by atoms with Crippen LogP contribution in [-0.2, 0) is 10.0 Å². The van der Waals surface area contributed by atoms with E-state index in [9.17, 15) is 23.1 Å². The average molecular weight is 527 g/mol. The number of fused-ring (bicyclic) bond motifs is 1. The maximum atomic E-state index is 13.2. The number of anilines is 1. The summed E-state index contributed by atoms with van der Waals surface area (Å²) < 4.78 is 43.5. The number of carboxylic acids is 1. The third-order valence-corrected chi connectivity index (χ3v) is 7.55. The number of sulfonamides is 1. The predicted molar refractivity (Wildman–Crippen MR) is 135 cm³/mol. The van der Waals surface area contributed by atoms with E-state index in [1.165, 1.54) is 37.4 Å². The molecule has 4 rings (SSSR count). The Balaban J connectivity index is 1.30. The highest BCUT2D eigenvalue weighted by molar-refractivity contribution is 7.92. The molecule has 0 saturated carbocycles. The first-order chi connectivity index (χ1) is 17.7. The van der Waals surface area contributed by atoms with Crippen molar-refractivity contribution < 1.29 is 37.3 Å². The second-order valence-electron chi connectivity index (χ2n) is 8.25. The number of nitrogens with zero attached hydrogens (tertiary/aromatic N) is 1. The number of benzene rings is 3. The highest BCUT2D eigenvalue weighted by atomic mass is 32.2. The van der Waals surface area contributed by atoms with Crippen molar-refractivity contribution in [1.82, 2.24) is 5.32 Å². The van der Waals surface area contributed by atoms with Gasteiger partial charge in [0.15, 0.2) is 11.5 Å². The van der Waals surface area contributed by atoms with Crippen molar-refractivity contribution in [2.75, 3.05) is 31.3 Å². The van der Waals surface area contributed by atoms with Gasteiger partial charge in [-0.1, -0.05) is 12.1 Å². The summed E-state index contributed by atoms with van der Waals surface area (Å²) in [5, 5.41) is 12.3. The molecule has 0 fully saturated rings. The number of hydrogen-bond acceptors (Lipinski definition) is 7. The fourth-order valence-corrected chi connectivity index (χ4v) is 5.12. The van der Waals surface area contributed by atoms with E-state index in [0.717, 1.165) is 4.31 Å². The third kappa shape index (κ3) is 5.61. The summed E-state index contributed by atoms with van der Waals surface area (Å²) in [5.41, 5.74) is 0.999. The molecule has 0 atom stereocenters. The predicted octanol–water partition coefficient (Wildman–Crippen LogP) is 3.45. The average Bonchev–Trinajstić information content (AvgIpc) is 3.36. The smallest absolute Gasteiger partial charge is 0.337 e. The number of aryl methyl sites for hydroxylation is 1. The van der Waals surface area contributed by atoms with Crippen LogP contribution >= 0.6 is 0 Å². The van der Waals surface area contributed by atoms with Gasteiger partial charge in [-0.3, -0.25) is 9.10 Å². The highest BCUT2D eigenvalue weighted by Crippen LogP contribution is 2.32. The van der Waals surface area contributed by atoms with Crippen LogP contribution in [0.5, 0.6) is 17.2 Å². The molecule has 1 heterocycles. The van der Waals surface area contributed by atoms with Gasteiger partial charge >= 0.3 is 5.97 Å². The van der Waals surface area contributed by atoms with Crippen LogP contribution in [0.15, 0.2) is 65.6 Å². The molecule has 3 aromatic carbocycles. The topological polar surface area (TPSA) is 131 Å². The molecule has 10 nitrogen and oxygen atoms in total. The van der Waals surface area contributed by atoms with Gasteiger partial charge in [0.1, 0.15) is 5.75 Å². The molecule has 0 aliphatic carbocycles. The first-order valence-electron chi connectivity index (χ1n) is 11.4. The van der Waals surface area contributed by atoms with E-state index in [-0.39, 0.29) is 28.8 Å².